The van der Waals surface area contributed by atoms with Gasteiger partial charge in [0.25, 0.3) is 0 Å². The van der Waals surface area contributed by atoms with Crippen molar-refractivity contribution in [3.8, 4) is 11.5 Å². The Morgan fingerprint density at radius 2 is 1.42 bits per heavy atom. The van der Waals surface area contributed by atoms with Crippen LogP contribution >= 0.6 is 0 Å². The Morgan fingerprint density at radius 3 is 2.00 bits per heavy atom. The minimum atomic E-state index is -0.120. The van der Waals surface area contributed by atoms with Crippen molar-refractivity contribution in [3.05, 3.63) is 96.0 Å². The second kappa shape index (κ2) is 6.42. The van der Waals surface area contributed by atoms with Crippen LogP contribution < -0.4 is 0 Å². The minimum Gasteiger partial charge on any atom is -0.338 e. The molecule has 0 atom stereocenters. The third-order valence-electron chi connectivity index (χ3n) is 3.76. The van der Waals surface area contributed by atoms with Crippen LogP contribution in [0.5, 0.6) is 0 Å². The van der Waals surface area contributed by atoms with Crippen molar-refractivity contribution in [2.45, 2.75) is 5.92 Å². The molecule has 4 aromatic rings. The molecule has 0 aliphatic heterocycles. The van der Waals surface area contributed by atoms with E-state index < -0.39 is 0 Å². The van der Waals surface area contributed by atoms with E-state index in [9.17, 15) is 0 Å². The monoisotopic (exact) mass is 314 g/mol. The molecule has 0 spiro atoms. The zero-order valence-electron chi connectivity index (χ0n) is 12.8. The van der Waals surface area contributed by atoms with E-state index in [1.165, 1.54) is 0 Å². The number of aromatic nitrogens is 4. The average Bonchev–Trinajstić information content (AvgIpc) is 3.14. The number of hydrogen-bond acceptors (Lipinski definition) is 5. The van der Waals surface area contributed by atoms with Crippen LogP contribution in [-0.4, -0.2) is 20.3 Å². The van der Waals surface area contributed by atoms with Gasteiger partial charge in [0.15, 0.2) is 0 Å². The van der Waals surface area contributed by atoms with Crippen molar-refractivity contribution in [1.29, 1.82) is 0 Å². The molecule has 116 valence electrons. The minimum absolute atomic E-state index is 0.120. The Morgan fingerprint density at radius 1 is 0.750 bits per heavy atom. The van der Waals surface area contributed by atoms with Crippen molar-refractivity contribution in [3.63, 3.8) is 0 Å². The molecule has 0 bridgehead atoms. The Kier molecular flexibility index (Phi) is 3.81. The molecule has 24 heavy (non-hydrogen) atoms. The summed E-state index contributed by atoms with van der Waals surface area (Å²) in [5.41, 5.74) is 2.78. The number of benzene rings is 2. The van der Waals surface area contributed by atoms with Crippen LogP contribution in [0.2, 0.25) is 0 Å². The molecule has 0 saturated carbocycles. The van der Waals surface area contributed by atoms with Gasteiger partial charge in [-0.25, -0.2) is 0 Å². The van der Waals surface area contributed by atoms with Crippen molar-refractivity contribution in [2.75, 3.05) is 0 Å². The number of hydrogen-bond donors (Lipinski definition) is 0. The molecule has 0 fully saturated rings. The first-order chi connectivity index (χ1) is 11.9. The molecule has 0 radical (unpaired) electrons. The first-order valence-electron chi connectivity index (χ1n) is 7.63. The van der Waals surface area contributed by atoms with Crippen LogP contribution in [0.1, 0.15) is 22.9 Å². The van der Waals surface area contributed by atoms with Crippen molar-refractivity contribution >= 4 is 0 Å². The van der Waals surface area contributed by atoms with Gasteiger partial charge in [0.2, 0.25) is 11.7 Å². The standard InChI is InChI=1S/C19H14N4O/c1-3-8-14(9-4-1)17(15-10-5-2-6-11-15)19-21-18(23-24-19)16-12-7-13-20-22-16/h1-13,17H. The molecule has 0 aliphatic rings. The second-order valence-electron chi connectivity index (χ2n) is 5.32. The zero-order valence-corrected chi connectivity index (χ0v) is 12.8. The van der Waals surface area contributed by atoms with Crippen LogP contribution in [-0.2, 0) is 0 Å². The number of rotatable bonds is 4. The Balaban J connectivity index is 1.79. The van der Waals surface area contributed by atoms with Gasteiger partial charge in [-0.05, 0) is 23.3 Å². The summed E-state index contributed by atoms with van der Waals surface area (Å²) >= 11 is 0. The molecule has 2 heterocycles. The van der Waals surface area contributed by atoms with Gasteiger partial charge in [-0.2, -0.15) is 10.1 Å². The Bertz CT molecular complexity index is 868. The van der Waals surface area contributed by atoms with Gasteiger partial charge in [-0.15, -0.1) is 5.10 Å². The fourth-order valence-corrected chi connectivity index (χ4v) is 2.65. The highest BCUT2D eigenvalue weighted by atomic mass is 16.5. The highest BCUT2D eigenvalue weighted by Gasteiger charge is 2.23. The molecule has 2 aromatic carbocycles. The van der Waals surface area contributed by atoms with Gasteiger partial charge < -0.3 is 4.52 Å². The number of nitrogens with zero attached hydrogens (tertiary/aromatic N) is 4. The van der Waals surface area contributed by atoms with Crippen molar-refractivity contribution < 1.29 is 4.52 Å². The summed E-state index contributed by atoms with van der Waals surface area (Å²) in [6.45, 7) is 0. The highest BCUT2D eigenvalue weighted by molar-refractivity contribution is 5.47. The first-order valence-corrected chi connectivity index (χ1v) is 7.63. The smallest absolute Gasteiger partial charge is 0.239 e. The zero-order chi connectivity index (χ0) is 16.2. The van der Waals surface area contributed by atoms with Crippen LogP contribution in [0.15, 0.2) is 83.5 Å². The van der Waals surface area contributed by atoms with E-state index in [2.05, 4.69) is 44.6 Å². The molecule has 0 N–H and O–H groups in total. The van der Waals surface area contributed by atoms with E-state index in [4.69, 9.17) is 4.52 Å². The van der Waals surface area contributed by atoms with Gasteiger partial charge in [-0.3, -0.25) is 0 Å². The maximum absolute atomic E-state index is 5.56. The maximum atomic E-state index is 5.56. The van der Waals surface area contributed by atoms with Gasteiger partial charge >= 0.3 is 0 Å². The maximum Gasteiger partial charge on any atom is 0.239 e. The van der Waals surface area contributed by atoms with E-state index in [0.29, 0.717) is 17.4 Å². The lowest BCUT2D eigenvalue weighted by Crippen LogP contribution is -2.03. The topological polar surface area (TPSA) is 64.7 Å². The molecule has 5 heteroatoms. The lowest BCUT2D eigenvalue weighted by atomic mass is 9.91. The molecule has 0 saturated heterocycles. The molecular weight excluding hydrogens is 300 g/mol. The molecule has 5 nitrogen and oxygen atoms in total. The quantitative estimate of drug-likeness (QED) is 0.574. The second-order valence-corrected chi connectivity index (χ2v) is 5.32. The third-order valence-corrected chi connectivity index (χ3v) is 3.76. The first kappa shape index (κ1) is 14.3. The van der Waals surface area contributed by atoms with Gasteiger partial charge in [0.05, 0.1) is 5.92 Å². The summed E-state index contributed by atoms with van der Waals surface area (Å²) in [5, 5.41) is 12.0. The summed E-state index contributed by atoms with van der Waals surface area (Å²) in [5.74, 6) is 0.855. The molecule has 0 unspecified atom stereocenters. The average molecular weight is 314 g/mol. The molecule has 2 aromatic heterocycles. The summed E-state index contributed by atoms with van der Waals surface area (Å²) in [6.07, 6.45) is 1.61. The lowest BCUT2D eigenvalue weighted by molar-refractivity contribution is 0.375. The van der Waals surface area contributed by atoms with Crippen molar-refractivity contribution in [1.82, 2.24) is 20.3 Å². The van der Waals surface area contributed by atoms with E-state index in [0.717, 1.165) is 11.1 Å². The molecule has 0 amide bonds. The Hall–Kier alpha value is -3.34. The van der Waals surface area contributed by atoms with Gasteiger partial charge in [0.1, 0.15) is 5.69 Å². The van der Waals surface area contributed by atoms with Gasteiger partial charge in [0, 0.05) is 6.20 Å². The van der Waals surface area contributed by atoms with Crippen LogP contribution in [0, 0.1) is 0 Å². The fourth-order valence-electron chi connectivity index (χ4n) is 2.65. The van der Waals surface area contributed by atoms with E-state index in [-0.39, 0.29) is 5.92 Å². The largest absolute Gasteiger partial charge is 0.338 e. The summed E-state index contributed by atoms with van der Waals surface area (Å²) in [4.78, 5) is 4.55. The molecule has 0 aliphatic carbocycles. The van der Waals surface area contributed by atoms with Crippen LogP contribution in [0.3, 0.4) is 0 Å². The normalized spacial score (nSPS) is 10.9. The predicted octanol–water partition coefficient (Wildman–Crippen LogP) is 3.71. The van der Waals surface area contributed by atoms with Crippen LogP contribution in [0.4, 0.5) is 0 Å². The third kappa shape index (κ3) is 2.79. The van der Waals surface area contributed by atoms with Gasteiger partial charge in [-0.1, -0.05) is 65.8 Å². The molecular formula is C19H14N4O. The summed E-state index contributed by atoms with van der Waals surface area (Å²) < 4.78 is 5.56. The summed E-state index contributed by atoms with van der Waals surface area (Å²) in [7, 11) is 0. The molecule has 4 rings (SSSR count). The van der Waals surface area contributed by atoms with Crippen LogP contribution in [0.25, 0.3) is 11.5 Å². The van der Waals surface area contributed by atoms with Crippen molar-refractivity contribution in [2.24, 2.45) is 0 Å². The van der Waals surface area contributed by atoms with E-state index in [1.54, 1.807) is 12.3 Å². The lowest BCUT2D eigenvalue weighted by Gasteiger charge is -2.13. The van der Waals surface area contributed by atoms with E-state index in [1.807, 2.05) is 42.5 Å². The fraction of sp³-hybridized carbons (Fsp3) is 0.0526. The highest BCUT2D eigenvalue weighted by Crippen LogP contribution is 2.31. The SMILES string of the molecule is c1ccc(C(c2ccccc2)c2nc(-c3cccnn3)no2)cc1. The predicted molar refractivity (Wildman–Crippen MR) is 89.2 cm³/mol. The van der Waals surface area contributed by atoms with E-state index >= 15 is 0 Å². The Labute approximate surface area is 139 Å². The summed E-state index contributed by atoms with van der Waals surface area (Å²) in [6, 6.07) is 23.8.